The van der Waals surface area contributed by atoms with Gasteiger partial charge in [0.2, 0.25) is 26.0 Å². The second-order valence-electron chi connectivity index (χ2n) is 6.11. The Morgan fingerprint density at radius 2 is 1.64 bits per heavy atom. The van der Waals surface area contributed by atoms with Gasteiger partial charge in [-0.05, 0) is 42.5 Å². The predicted molar refractivity (Wildman–Crippen MR) is 105 cm³/mol. The van der Waals surface area contributed by atoms with E-state index >= 15 is 0 Å². The summed E-state index contributed by atoms with van der Waals surface area (Å²) >= 11 is 0. The molecule has 2 aromatic rings. The van der Waals surface area contributed by atoms with E-state index < -0.39 is 38.3 Å². The molecular weight excluding hydrogens is 409 g/mol. The molecule has 0 bridgehead atoms. The molecule has 11 heteroatoms. The molecule has 28 heavy (non-hydrogen) atoms. The molecular formula is C17H20FN3O5S2. The molecule has 0 fully saturated rings. The van der Waals surface area contributed by atoms with Crippen LogP contribution < -0.4 is 9.62 Å². The van der Waals surface area contributed by atoms with E-state index in [0.717, 1.165) is 20.9 Å². The van der Waals surface area contributed by atoms with Crippen molar-refractivity contribution in [2.24, 2.45) is 0 Å². The highest BCUT2D eigenvalue weighted by atomic mass is 32.2. The van der Waals surface area contributed by atoms with Crippen molar-refractivity contribution in [3.8, 4) is 0 Å². The maximum Gasteiger partial charge on any atom is 0.245 e. The Morgan fingerprint density at radius 1 is 1.04 bits per heavy atom. The minimum Gasteiger partial charge on any atom is -0.324 e. The Balaban J connectivity index is 2.26. The van der Waals surface area contributed by atoms with E-state index in [1.165, 1.54) is 56.6 Å². The van der Waals surface area contributed by atoms with Crippen molar-refractivity contribution in [3.63, 3.8) is 0 Å². The number of amides is 1. The van der Waals surface area contributed by atoms with E-state index in [9.17, 15) is 26.0 Å². The van der Waals surface area contributed by atoms with Gasteiger partial charge in [0.05, 0.1) is 16.8 Å². The van der Waals surface area contributed by atoms with Crippen molar-refractivity contribution in [1.29, 1.82) is 0 Å². The third-order valence-corrected chi connectivity index (χ3v) is 6.67. The fraction of sp³-hybridized carbons (Fsp3) is 0.235. The molecule has 8 nitrogen and oxygen atoms in total. The van der Waals surface area contributed by atoms with Crippen LogP contribution in [0.4, 0.5) is 15.8 Å². The third kappa shape index (κ3) is 5.27. The number of anilines is 2. The molecule has 0 aliphatic heterocycles. The number of sulfonamides is 2. The molecule has 0 unspecified atom stereocenters. The van der Waals surface area contributed by atoms with Crippen molar-refractivity contribution < 1.29 is 26.0 Å². The first-order valence-corrected chi connectivity index (χ1v) is 11.3. The minimum absolute atomic E-state index is 0.0149. The molecule has 0 saturated carbocycles. The van der Waals surface area contributed by atoms with Crippen LogP contribution in [0.3, 0.4) is 0 Å². The first-order chi connectivity index (χ1) is 12.9. The summed E-state index contributed by atoms with van der Waals surface area (Å²) in [6.07, 6.45) is 0.924. The largest absolute Gasteiger partial charge is 0.324 e. The Morgan fingerprint density at radius 3 is 2.14 bits per heavy atom. The van der Waals surface area contributed by atoms with E-state index in [2.05, 4.69) is 5.32 Å². The Bertz CT molecular complexity index is 1070. The van der Waals surface area contributed by atoms with Gasteiger partial charge in [0.15, 0.2) is 0 Å². The number of nitrogens with zero attached hydrogens (tertiary/aromatic N) is 2. The highest BCUT2D eigenvalue weighted by Gasteiger charge is 2.23. The first-order valence-electron chi connectivity index (χ1n) is 7.97. The maximum atomic E-state index is 13.2. The van der Waals surface area contributed by atoms with Crippen LogP contribution in [0.15, 0.2) is 53.4 Å². The molecule has 2 aromatic carbocycles. The fourth-order valence-corrected chi connectivity index (χ4v) is 4.05. The molecule has 0 radical (unpaired) electrons. The minimum atomic E-state index is -3.84. The monoisotopic (exact) mass is 429 g/mol. The van der Waals surface area contributed by atoms with Crippen molar-refractivity contribution >= 4 is 37.3 Å². The van der Waals surface area contributed by atoms with E-state index in [4.69, 9.17) is 0 Å². The van der Waals surface area contributed by atoms with Crippen LogP contribution in [0.2, 0.25) is 0 Å². The SMILES string of the molecule is CN(C)S(=O)(=O)c1ccc(N(CC(=O)Nc2cccc(F)c2)S(C)(=O)=O)cc1. The molecule has 152 valence electrons. The zero-order valence-electron chi connectivity index (χ0n) is 15.5. The van der Waals surface area contributed by atoms with E-state index in [1.807, 2.05) is 0 Å². The summed E-state index contributed by atoms with van der Waals surface area (Å²) in [4.78, 5) is 12.2. The fourth-order valence-electron chi connectivity index (χ4n) is 2.29. The van der Waals surface area contributed by atoms with Crippen molar-refractivity contribution in [2.75, 3.05) is 36.5 Å². The Labute approximate surface area is 163 Å². The number of hydrogen-bond donors (Lipinski definition) is 1. The van der Waals surface area contributed by atoms with Crippen LogP contribution in [-0.2, 0) is 24.8 Å². The van der Waals surface area contributed by atoms with Crippen LogP contribution in [0.25, 0.3) is 0 Å². The van der Waals surface area contributed by atoms with Crippen LogP contribution in [-0.4, -0.2) is 53.9 Å². The summed E-state index contributed by atoms with van der Waals surface area (Å²) in [7, 11) is -4.76. The average molecular weight is 429 g/mol. The van der Waals surface area contributed by atoms with Gasteiger partial charge in [-0.2, -0.15) is 0 Å². The number of nitrogens with one attached hydrogen (secondary N) is 1. The standard InChI is InChI=1S/C17H20FN3O5S2/c1-20(2)28(25,26)16-9-7-15(8-10-16)21(27(3,23)24)12-17(22)19-14-6-4-5-13(18)11-14/h4-11H,12H2,1-3H3,(H,19,22). The summed E-state index contributed by atoms with van der Waals surface area (Å²) < 4.78 is 63.6. The molecule has 0 saturated heterocycles. The van der Waals surface area contributed by atoms with Gasteiger partial charge in [-0.15, -0.1) is 0 Å². The highest BCUT2D eigenvalue weighted by Crippen LogP contribution is 2.22. The van der Waals surface area contributed by atoms with Gasteiger partial charge in [-0.3, -0.25) is 9.10 Å². The summed E-state index contributed by atoms with van der Waals surface area (Å²) in [6, 6.07) is 10.3. The number of hydrogen-bond acceptors (Lipinski definition) is 5. The predicted octanol–water partition coefficient (Wildman–Crippen LogP) is 1.48. The molecule has 0 aromatic heterocycles. The number of carbonyl (C=O) groups excluding carboxylic acids is 1. The van der Waals surface area contributed by atoms with Gasteiger partial charge in [-0.25, -0.2) is 25.5 Å². The smallest absolute Gasteiger partial charge is 0.245 e. The lowest BCUT2D eigenvalue weighted by Gasteiger charge is -2.22. The Hall–Kier alpha value is -2.50. The first kappa shape index (κ1) is 21.8. The van der Waals surface area contributed by atoms with Crippen LogP contribution >= 0.6 is 0 Å². The quantitative estimate of drug-likeness (QED) is 0.718. The van der Waals surface area contributed by atoms with Gasteiger partial charge < -0.3 is 5.32 Å². The van der Waals surface area contributed by atoms with Crippen molar-refractivity contribution in [3.05, 3.63) is 54.3 Å². The van der Waals surface area contributed by atoms with Gasteiger partial charge >= 0.3 is 0 Å². The van der Waals surface area contributed by atoms with Gasteiger partial charge in [0.1, 0.15) is 12.4 Å². The molecule has 0 atom stereocenters. The van der Waals surface area contributed by atoms with E-state index in [1.54, 1.807) is 0 Å². The Kier molecular flexibility index (Phi) is 6.42. The zero-order valence-corrected chi connectivity index (χ0v) is 17.1. The topological polar surface area (TPSA) is 104 Å². The van der Waals surface area contributed by atoms with Crippen molar-refractivity contribution in [1.82, 2.24) is 4.31 Å². The number of benzene rings is 2. The maximum absolute atomic E-state index is 13.2. The lowest BCUT2D eigenvalue weighted by atomic mass is 10.3. The van der Waals surface area contributed by atoms with E-state index in [-0.39, 0.29) is 16.3 Å². The highest BCUT2D eigenvalue weighted by molar-refractivity contribution is 7.92. The van der Waals surface area contributed by atoms with Gasteiger partial charge in [0, 0.05) is 19.8 Å². The second-order valence-corrected chi connectivity index (χ2v) is 10.2. The molecule has 2 rings (SSSR count). The van der Waals surface area contributed by atoms with Gasteiger partial charge in [-0.1, -0.05) is 6.07 Å². The summed E-state index contributed by atoms with van der Waals surface area (Å²) in [5.74, 6) is -1.23. The summed E-state index contributed by atoms with van der Waals surface area (Å²) in [6.45, 7) is -0.560. The van der Waals surface area contributed by atoms with Gasteiger partial charge in [0.25, 0.3) is 0 Å². The zero-order chi connectivity index (χ0) is 21.1. The van der Waals surface area contributed by atoms with Crippen LogP contribution in [0.1, 0.15) is 0 Å². The summed E-state index contributed by atoms with van der Waals surface area (Å²) in [5.41, 5.74) is 0.306. The summed E-state index contributed by atoms with van der Waals surface area (Å²) in [5, 5.41) is 2.42. The van der Waals surface area contributed by atoms with Crippen LogP contribution in [0, 0.1) is 5.82 Å². The molecule has 1 amide bonds. The molecule has 0 heterocycles. The number of halogens is 1. The molecule has 0 aliphatic carbocycles. The van der Waals surface area contributed by atoms with E-state index in [0.29, 0.717) is 0 Å². The molecule has 0 spiro atoms. The third-order valence-electron chi connectivity index (χ3n) is 3.70. The normalized spacial score (nSPS) is 12.0. The molecule has 1 N–H and O–H groups in total. The second kappa shape index (κ2) is 8.25. The number of carbonyl (C=O) groups is 1. The molecule has 0 aliphatic rings. The lowest BCUT2D eigenvalue weighted by Crippen LogP contribution is -2.37. The number of rotatable bonds is 7. The van der Waals surface area contributed by atoms with Crippen molar-refractivity contribution in [2.45, 2.75) is 4.90 Å². The van der Waals surface area contributed by atoms with Crippen LogP contribution in [0.5, 0.6) is 0 Å². The average Bonchev–Trinajstić information content (AvgIpc) is 2.58. The lowest BCUT2D eigenvalue weighted by molar-refractivity contribution is -0.114.